The fourth-order valence-corrected chi connectivity index (χ4v) is 3.00. The number of methoxy groups -OCH3 is 1. The number of fused-ring (bicyclic) bond motifs is 1. The van der Waals surface area contributed by atoms with Crippen LogP contribution in [0.2, 0.25) is 0 Å². The van der Waals surface area contributed by atoms with Crippen LogP contribution in [0.25, 0.3) is 10.9 Å². The first-order valence-corrected chi connectivity index (χ1v) is 8.29. The van der Waals surface area contributed by atoms with E-state index in [9.17, 15) is 9.59 Å². The molecule has 1 heterocycles. The number of aromatic nitrogens is 1. The van der Waals surface area contributed by atoms with Crippen LogP contribution >= 0.6 is 0 Å². The molecule has 2 aromatic carbocycles. The number of aryl methyl sites for hydroxylation is 1. The molecule has 0 aliphatic rings. The summed E-state index contributed by atoms with van der Waals surface area (Å²) >= 11 is 0. The second-order valence-electron chi connectivity index (χ2n) is 6.10. The lowest BCUT2D eigenvalue weighted by molar-refractivity contribution is -0.115. The molecule has 0 bridgehead atoms. The molecular formula is C20H21N3O3. The molecule has 6 nitrogen and oxygen atoms in total. The normalized spacial score (nSPS) is 10.6. The molecule has 0 saturated heterocycles. The minimum Gasteiger partial charge on any atom is -0.495 e. The Balaban J connectivity index is 1.83. The third-order valence-corrected chi connectivity index (χ3v) is 4.16. The Bertz CT molecular complexity index is 976. The van der Waals surface area contributed by atoms with Crippen molar-refractivity contribution in [3.63, 3.8) is 0 Å². The zero-order valence-corrected chi connectivity index (χ0v) is 15.0. The highest BCUT2D eigenvalue weighted by Gasteiger charge is 2.14. The Morgan fingerprint density at radius 1 is 1.12 bits per heavy atom. The van der Waals surface area contributed by atoms with E-state index in [4.69, 9.17) is 4.74 Å². The monoisotopic (exact) mass is 351 g/mol. The van der Waals surface area contributed by atoms with Crippen molar-refractivity contribution >= 4 is 34.1 Å². The van der Waals surface area contributed by atoms with E-state index in [1.807, 2.05) is 31.2 Å². The number of H-pyrrole nitrogens is 1. The third kappa shape index (κ3) is 3.69. The Morgan fingerprint density at radius 2 is 1.88 bits per heavy atom. The van der Waals surface area contributed by atoms with Crippen molar-refractivity contribution in [2.24, 2.45) is 0 Å². The van der Waals surface area contributed by atoms with Crippen LogP contribution in [0.4, 0.5) is 11.4 Å². The summed E-state index contributed by atoms with van der Waals surface area (Å²) in [5, 5.41) is 6.61. The average molecular weight is 351 g/mol. The smallest absolute Gasteiger partial charge is 0.228 e. The number of benzene rings is 2. The van der Waals surface area contributed by atoms with Crippen molar-refractivity contribution < 1.29 is 14.3 Å². The minimum atomic E-state index is -0.179. The number of hydrogen-bond acceptors (Lipinski definition) is 3. The molecule has 0 radical (unpaired) electrons. The molecule has 0 fully saturated rings. The number of hydrogen-bond donors (Lipinski definition) is 3. The molecule has 2 amide bonds. The van der Waals surface area contributed by atoms with E-state index in [2.05, 4.69) is 15.6 Å². The SMILES string of the molecule is COc1ccc(NC(C)=O)cc1NC(=O)Cc1c(C)[nH]c2ccccc12. The molecule has 1 aromatic heterocycles. The van der Waals surface area contributed by atoms with Crippen molar-refractivity contribution in [2.75, 3.05) is 17.7 Å². The number of anilines is 2. The van der Waals surface area contributed by atoms with Crippen molar-refractivity contribution in [1.29, 1.82) is 0 Å². The van der Waals surface area contributed by atoms with Gasteiger partial charge in [0.15, 0.2) is 0 Å². The van der Waals surface area contributed by atoms with Gasteiger partial charge in [-0.2, -0.15) is 0 Å². The van der Waals surface area contributed by atoms with Crippen LogP contribution in [0.3, 0.4) is 0 Å². The Morgan fingerprint density at radius 3 is 2.62 bits per heavy atom. The molecule has 0 spiro atoms. The van der Waals surface area contributed by atoms with E-state index in [-0.39, 0.29) is 18.2 Å². The lowest BCUT2D eigenvalue weighted by atomic mass is 10.1. The molecule has 3 aromatic rings. The Kier molecular flexibility index (Phi) is 4.93. The molecule has 134 valence electrons. The molecule has 3 N–H and O–H groups in total. The standard InChI is InChI=1S/C20H21N3O3/c1-12-16(15-6-4-5-7-17(15)21-12)11-20(25)23-18-10-14(22-13(2)24)8-9-19(18)26-3/h4-10,21H,11H2,1-3H3,(H,22,24)(H,23,25). The predicted octanol–water partition coefficient (Wildman–Crippen LogP) is 3.62. The van der Waals surface area contributed by atoms with Crippen molar-refractivity contribution in [3.8, 4) is 5.75 Å². The molecule has 0 atom stereocenters. The summed E-state index contributed by atoms with van der Waals surface area (Å²) in [6, 6.07) is 13.0. The summed E-state index contributed by atoms with van der Waals surface area (Å²) in [5.41, 5.74) is 4.06. The van der Waals surface area contributed by atoms with Gasteiger partial charge < -0.3 is 20.4 Å². The fraction of sp³-hybridized carbons (Fsp3) is 0.200. The second-order valence-corrected chi connectivity index (χ2v) is 6.10. The van der Waals surface area contributed by atoms with Gasteiger partial charge in [0.05, 0.1) is 19.2 Å². The van der Waals surface area contributed by atoms with Crippen LogP contribution < -0.4 is 15.4 Å². The maximum absolute atomic E-state index is 12.6. The van der Waals surface area contributed by atoms with Gasteiger partial charge in [-0.3, -0.25) is 9.59 Å². The Labute approximate surface area is 151 Å². The minimum absolute atomic E-state index is 0.156. The number of carbonyl (C=O) groups is 2. The number of amides is 2. The van der Waals surface area contributed by atoms with Crippen LogP contribution in [0.15, 0.2) is 42.5 Å². The number of ether oxygens (including phenoxy) is 1. The van der Waals surface area contributed by atoms with Gasteiger partial charge in [0.25, 0.3) is 0 Å². The molecule has 0 aliphatic carbocycles. The van der Waals surface area contributed by atoms with Gasteiger partial charge in [-0.05, 0) is 36.8 Å². The summed E-state index contributed by atoms with van der Waals surface area (Å²) in [6.45, 7) is 3.39. The molecule has 0 unspecified atom stereocenters. The molecular weight excluding hydrogens is 330 g/mol. The fourth-order valence-electron chi connectivity index (χ4n) is 3.00. The van der Waals surface area contributed by atoms with Crippen LogP contribution in [0.5, 0.6) is 5.75 Å². The number of para-hydroxylation sites is 1. The van der Waals surface area contributed by atoms with E-state index in [1.54, 1.807) is 18.2 Å². The van der Waals surface area contributed by atoms with Gasteiger partial charge >= 0.3 is 0 Å². The zero-order valence-electron chi connectivity index (χ0n) is 15.0. The van der Waals surface area contributed by atoms with Gasteiger partial charge in [0.1, 0.15) is 5.75 Å². The number of nitrogens with one attached hydrogen (secondary N) is 3. The summed E-state index contributed by atoms with van der Waals surface area (Å²) in [6.07, 6.45) is 0.239. The van der Waals surface area contributed by atoms with E-state index >= 15 is 0 Å². The topological polar surface area (TPSA) is 83.2 Å². The van der Waals surface area contributed by atoms with Crippen LogP contribution in [-0.4, -0.2) is 23.9 Å². The maximum atomic E-state index is 12.6. The summed E-state index contributed by atoms with van der Waals surface area (Å²) in [5.74, 6) is 0.195. The van der Waals surface area contributed by atoms with Crippen LogP contribution in [-0.2, 0) is 16.0 Å². The maximum Gasteiger partial charge on any atom is 0.228 e. The highest BCUT2D eigenvalue weighted by Crippen LogP contribution is 2.29. The number of carbonyl (C=O) groups excluding carboxylic acids is 2. The largest absolute Gasteiger partial charge is 0.495 e. The van der Waals surface area contributed by atoms with Crippen LogP contribution in [0, 0.1) is 6.92 Å². The van der Waals surface area contributed by atoms with E-state index in [0.29, 0.717) is 17.1 Å². The van der Waals surface area contributed by atoms with Crippen molar-refractivity contribution in [1.82, 2.24) is 4.98 Å². The highest BCUT2D eigenvalue weighted by molar-refractivity contribution is 5.98. The summed E-state index contributed by atoms with van der Waals surface area (Å²) < 4.78 is 5.30. The summed E-state index contributed by atoms with van der Waals surface area (Å²) in [7, 11) is 1.53. The van der Waals surface area contributed by atoms with Gasteiger partial charge in [-0.1, -0.05) is 18.2 Å². The van der Waals surface area contributed by atoms with Crippen molar-refractivity contribution in [3.05, 3.63) is 53.7 Å². The Hall–Kier alpha value is -3.28. The average Bonchev–Trinajstić information content (AvgIpc) is 2.90. The lowest BCUT2D eigenvalue weighted by Crippen LogP contribution is -2.16. The van der Waals surface area contributed by atoms with Gasteiger partial charge in [-0.15, -0.1) is 0 Å². The third-order valence-electron chi connectivity index (χ3n) is 4.16. The lowest BCUT2D eigenvalue weighted by Gasteiger charge is -2.12. The predicted molar refractivity (Wildman–Crippen MR) is 103 cm³/mol. The molecule has 6 heteroatoms. The first-order valence-electron chi connectivity index (χ1n) is 8.29. The van der Waals surface area contributed by atoms with Gasteiger partial charge in [0, 0.05) is 29.2 Å². The number of rotatable bonds is 5. The van der Waals surface area contributed by atoms with Gasteiger partial charge in [-0.25, -0.2) is 0 Å². The molecule has 0 saturated carbocycles. The molecule has 0 aliphatic heterocycles. The van der Waals surface area contributed by atoms with Crippen molar-refractivity contribution in [2.45, 2.75) is 20.3 Å². The zero-order chi connectivity index (χ0) is 18.7. The van der Waals surface area contributed by atoms with E-state index < -0.39 is 0 Å². The van der Waals surface area contributed by atoms with E-state index in [0.717, 1.165) is 22.2 Å². The molecule has 3 rings (SSSR count). The first kappa shape index (κ1) is 17.5. The second kappa shape index (κ2) is 7.31. The van der Waals surface area contributed by atoms with E-state index in [1.165, 1.54) is 14.0 Å². The quantitative estimate of drug-likeness (QED) is 0.656. The van der Waals surface area contributed by atoms with Crippen LogP contribution in [0.1, 0.15) is 18.2 Å². The highest BCUT2D eigenvalue weighted by atomic mass is 16.5. The molecule has 26 heavy (non-hydrogen) atoms. The summed E-state index contributed by atoms with van der Waals surface area (Å²) in [4.78, 5) is 27.1. The first-order chi connectivity index (χ1) is 12.5. The number of aromatic amines is 1. The van der Waals surface area contributed by atoms with Gasteiger partial charge in [0.2, 0.25) is 11.8 Å².